The lowest BCUT2D eigenvalue weighted by molar-refractivity contribution is 0.283. The van der Waals surface area contributed by atoms with Gasteiger partial charge in [0.1, 0.15) is 11.2 Å². The summed E-state index contributed by atoms with van der Waals surface area (Å²) in [5, 5.41) is 10.3. The van der Waals surface area contributed by atoms with Crippen molar-refractivity contribution in [1.29, 1.82) is 0 Å². The molecule has 0 radical (unpaired) electrons. The Morgan fingerprint density at radius 3 is 2.59 bits per heavy atom. The van der Waals surface area contributed by atoms with Crippen molar-refractivity contribution < 1.29 is 9.52 Å². The quantitative estimate of drug-likeness (QED) is 0.648. The minimum atomic E-state index is -0.166. The van der Waals surface area contributed by atoms with Crippen LogP contribution in [-0.2, 0) is 6.61 Å². The summed E-state index contributed by atoms with van der Waals surface area (Å²) in [5.41, 5.74) is 1.59. The van der Waals surface area contributed by atoms with Gasteiger partial charge in [0.15, 0.2) is 0 Å². The molecule has 3 rings (SSSR count). The molecule has 3 nitrogen and oxygen atoms in total. The number of benzene rings is 2. The third kappa shape index (κ3) is 1.44. The molecule has 0 spiro atoms. The van der Waals surface area contributed by atoms with Crippen LogP contribution in [0.1, 0.15) is 5.56 Å². The molecule has 2 aromatic carbocycles. The summed E-state index contributed by atoms with van der Waals surface area (Å²) in [4.78, 5) is 12.3. The van der Waals surface area contributed by atoms with Crippen molar-refractivity contribution in [1.82, 2.24) is 0 Å². The van der Waals surface area contributed by atoms with Gasteiger partial charge in [0.05, 0.1) is 17.4 Å². The molecule has 0 saturated carbocycles. The van der Waals surface area contributed by atoms with Crippen LogP contribution >= 0.6 is 0 Å². The van der Waals surface area contributed by atoms with Gasteiger partial charge < -0.3 is 9.52 Å². The fraction of sp³-hybridized carbons (Fsp3) is 0.0714. The first-order valence-electron chi connectivity index (χ1n) is 5.35. The van der Waals surface area contributed by atoms with E-state index < -0.39 is 0 Å². The highest BCUT2D eigenvalue weighted by atomic mass is 16.3. The number of aliphatic hydroxyl groups excluding tert-OH is 1. The molecule has 1 N–H and O–H groups in total. The first-order valence-corrected chi connectivity index (χ1v) is 5.35. The minimum Gasteiger partial charge on any atom is -0.456 e. The van der Waals surface area contributed by atoms with E-state index in [1.807, 2.05) is 6.07 Å². The van der Waals surface area contributed by atoms with E-state index >= 15 is 0 Å². The van der Waals surface area contributed by atoms with Crippen LogP contribution in [0.5, 0.6) is 0 Å². The van der Waals surface area contributed by atoms with Gasteiger partial charge in [0.25, 0.3) is 0 Å². The summed E-state index contributed by atoms with van der Waals surface area (Å²) in [7, 11) is 0. The average molecular weight is 226 g/mol. The van der Waals surface area contributed by atoms with E-state index in [0.717, 1.165) is 0 Å². The van der Waals surface area contributed by atoms with Crippen molar-refractivity contribution in [3.05, 3.63) is 58.3 Å². The van der Waals surface area contributed by atoms with Gasteiger partial charge in [-0.05, 0) is 23.8 Å². The maximum Gasteiger partial charge on any atom is 0.200 e. The number of fused-ring (bicyclic) bond motifs is 2. The molecule has 3 aromatic rings. The van der Waals surface area contributed by atoms with Crippen molar-refractivity contribution in [2.75, 3.05) is 0 Å². The molecular formula is C14H10O3. The van der Waals surface area contributed by atoms with Gasteiger partial charge in [-0.3, -0.25) is 4.79 Å². The SMILES string of the molecule is O=c1c2ccccc2oc2cccc(CO)c12. The van der Waals surface area contributed by atoms with Crippen LogP contribution in [0.3, 0.4) is 0 Å². The lowest BCUT2D eigenvalue weighted by atomic mass is 10.1. The fourth-order valence-corrected chi connectivity index (χ4v) is 2.05. The lowest BCUT2D eigenvalue weighted by Crippen LogP contribution is -2.05. The smallest absolute Gasteiger partial charge is 0.200 e. The first-order chi connectivity index (χ1) is 8.31. The van der Waals surface area contributed by atoms with Crippen LogP contribution in [0.2, 0.25) is 0 Å². The number of rotatable bonds is 1. The summed E-state index contributed by atoms with van der Waals surface area (Å²) in [6, 6.07) is 12.4. The molecule has 1 aromatic heterocycles. The van der Waals surface area contributed by atoms with E-state index in [1.54, 1.807) is 36.4 Å². The predicted molar refractivity (Wildman–Crippen MR) is 65.9 cm³/mol. The number of hydrogen-bond donors (Lipinski definition) is 1. The monoisotopic (exact) mass is 226 g/mol. The maximum atomic E-state index is 12.3. The molecule has 0 aliphatic rings. The fourth-order valence-electron chi connectivity index (χ4n) is 2.05. The molecule has 0 unspecified atom stereocenters. The standard InChI is InChI=1S/C14H10O3/c15-8-9-4-3-7-12-13(9)14(16)10-5-1-2-6-11(10)17-12/h1-7,15H,8H2. The highest BCUT2D eigenvalue weighted by Gasteiger charge is 2.09. The van der Waals surface area contributed by atoms with Crippen LogP contribution in [0, 0.1) is 0 Å². The lowest BCUT2D eigenvalue weighted by Gasteiger charge is -2.04. The zero-order chi connectivity index (χ0) is 11.8. The zero-order valence-electron chi connectivity index (χ0n) is 9.01. The Labute approximate surface area is 96.9 Å². The van der Waals surface area contributed by atoms with Crippen molar-refractivity contribution in [3.63, 3.8) is 0 Å². The van der Waals surface area contributed by atoms with Gasteiger partial charge in [-0.2, -0.15) is 0 Å². The number of aliphatic hydroxyl groups is 1. The Kier molecular flexibility index (Phi) is 2.20. The van der Waals surface area contributed by atoms with Crippen LogP contribution < -0.4 is 5.43 Å². The van der Waals surface area contributed by atoms with E-state index in [1.165, 1.54) is 0 Å². The van der Waals surface area contributed by atoms with Crippen LogP contribution in [0.4, 0.5) is 0 Å². The molecule has 0 amide bonds. The van der Waals surface area contributed by atoms with Gasteiger partial charge in [0, 0.05) is 0 Å². The molecule has 1 heterocycles. The van der Waals surface area contributed by atoms with E-state index in [4.69, 9.17) is 4.42 Å². The molecule has 0 aliphatic heterocycles. The Balaban J connectivity index is 2.60. The molecule has 84 valence electrons. The van der Waals surface area contributed by atoms with Crippen LogP contribution in [-0.4, -0.2) is 5.11 Å². The highest BCUT2D eigenvalue weighted by Crippen LogP contribution is 2.20. The second-order valence-corrected chi connectivity index (χ2v) is 3.88. The van der Waals surface area contributed by atoms with Crippen LogP contribution in [0.25, 0.3) is 21.9 Å². The highest BCUT2D eigenvalue weighted by molar-refractivity contribution is 5.91. The third-order valence-electron chi connectivity index (χ3n) is 2.86. The molecular weight excluding hydrogens is 216 g/mol. The molecule has 3 heteroatoms. The van der Waals surface area contributed by atoms with E-state index in [-0.39, 0.29) is 12.0 Å². The molecule has 0 fully saturated rings. The summed E-state index contributed by atoms with van der Waals surface area (Å²) in [5.74, 6) is 0. The van der Waals surface area contributed by atoms with E-state index in [0.29, 0.717) is 27.5 Å². The minimum absolute atomic E-state index is 0.0912. The summed E-state index contributed by atoms with van der Waals surface area (Å²) in [6.07, 6.45) is 0. The van der Waals surface area contributed by atoms with Crippen molar-refractivity contribution in [3.8, 4) is 0 Å². The first kappa shape index (κ1) is 10.1. The second kappa shape index (κ2) is 3.71. The van der Waals surface area contributed by atoms with E-state index in [2.05, 4.69) is 0 Å². The number of hydrogen-bond acceptors (Lipinski definition) is 3. The summed E-state index contributed by atoms with van der Waals surface area (Å²) in [6.45, 7) is -0.166. The summed E-state index contributed by atoms with van der Waals surface area (Å²) < 4.78 is 5.66. The average Bonchev–Trinajstić information content (AvgIpc) is 2.38. The largest absolute Gasteiger partial charge is 0.456 e. The normalized spacial score (nSPS) is 11.1. The Hall–Kier alpha value is -2.13. The molecule has 0 saturated heterocycles. The van der Waals surface area contributed by atoms with Gasteiger partial charge in [-0.15, -0.1) is 0 Å². The Morgan fingerprint density at radius 1 is 1.00 bits per heavy atom. The topological polar surface area (TPSA) is 50.4 Å². The third-order valence-corrected chi connectivity index (χ3v) is 2.86. The Morgan fingerprint density at radius 2 is 1.76 bits per heavy atom. The zero-order valence-corrected chi connectivity index (χ0v) is 9.01. The molecule has 17 heavy (non-hydrogen) atoms. The van der Waals surface area contributed by atoms with Gasteiger partial charge in [-0.25, -0.2) is 0 Å². The molecule has 0 bridgehead atoms. The van der Waals surface area contributed by atoms with Crippen molar-refractivity contribution in [2.24, 2.45) is 0 Å². The van der Waals surface area contributed by atoms with Crippen molar-refractivity contribution in [2.45, 2.75) is 6.61 Å². The van der Waals surface area contributed by atoms with Gasteiger partial charge >= 0.3 is 0 Å². The molecule has 0 atom stereocenters. The maximum absolute atomic E-state index is 12.3. The predicted octanol–water partition coefficient (Wildman–Crippen LogP) is 2.44. The van der Waals surface area contributed by atoms with Crippen molar-refractivity contribution >= 4 is 21.9 Å². The number of para-hydroxylation sites is 1. The van der Waals surface area contributed by atoms with Crippen LogP contribution in [0.15, 0.2) is 51.7 Å². The van der Waals surface area contributed by atoms with Gasteiger partial charge in [-0.1, -0.05) is 24.3 Å². The van der Waals surface area contributed by atoms with Gasteiger partial charge in [0.2, 0.25) is 5.43 Å². The molecule has 0 aliphatic carbocycles. The summed E-state index contributed by atoms with van der Waals surface area (Å²) >= 11 is 0. The Bertz CT molecular complexity index is 756. The second-order valence-electron chi connectivity index (χ2n) is 3.88. The van der Waals surface area contributed by atoms with E-state index in [9.17, 15) is 9.90 Å².